The Kier molecular flexibility index (Phi) is 3.68. The summed E-state index contributed by atoms with van der Waals surface area (Å²) in [5.74, 6) is 0. The van der Waals surface area contributed by atoms with Crippen LogP contribution in [0.1, 0.15) is 32.1 Å². The first-order chi connectivity index (χ1) is 9.33. The molecule has 1 aliphatic rings. The van der Waals surface area contributed by atoms with Gasteiger partial charge in [0.1, 0.15) is 5.69 Å². The van der Waals surface area contributed by atoms with Gasteiger partial charge in [-0.15, -0.1) is 0 Å². The SMILES string of the molecule is Cn1nc(-c2cnccn2)s/c1=N\C1CCCCC1. The molecule has 0 aromatic carbocycles. The maximum Gasteiger partial charge on any atom is 0.203 e. The third-order valence-corrected chi connectivity index (χ3v) is 4.39. The van der Waals surface area contributed by atoms with E-state index in [1.165, 1.54) is 32.1 Å². The van der Waals surface area contributed by atoms with Crippen LogP contribution >= 0.6 is 11.3 Å². The Balaban J connectivity index is 1.91. The van der Waals surface area contributed by atoms with Gasteiger partial charge in [0.2, 0.25) is 4.80 Å². The summed E-state index contributed by atoms with van der Waals surface area (Å²) in [5.41, 5.74) is 0.813. The van der Waals surface area contributed by atoms with Crippen LogP contribution in [0.25, 0.3) is 10.7 Å². The molecule has 6 heteroatoms. The minimum absolute atomic E-state index is 0.468. The van der Waals surface area contributed by atoms with Crippen LogP contribution in [0.15, 0.2) is 23.6 Å². The third-order valence-electron chi connectivity index (χ3n) is 3.36. The first-order valence-corrected chi connectivity index (χ1v) is 7.49. The van der Waals surface area contributed by atoms with E-state index in [2.05, 4.69) is 15.1 Å². The van der Waals surface area contributed by atoms with Crippen molar-refractivity contribution in [2.45, 2.75) is 38.1 Å². The van der Waals surface area contributed by atoms with E-state index >= 15 is 0 Å². The van der Waals surface area contributed by atoms with Gasteiger partial charge in [0.15, 0.2) is 5.01 Å². The minimum Gasteiger partial charge on any atom is -0.261 e. The largest absolute Gasteiger partial charge is 0.261 e. The molecule has 0 bridgehead atoms. The maximum atomic E-state index is 4.83. The lowest BCUT2D eigenvalue weighted by Crippen LogP contribution is -2.18. The smallest absolute Gasteiger partial charge is 0.203 e. The molecule has 2 heterocycles. The zero-order chi connectivity index (χ0) is 13.1. The summed E-state index contributed by atoms with van der Waals surface area (Å²) in [5, 5.41) is 5.37. The lowest BCUT2D eigenvalue weighted by Gasteiger charge is -2.16. The van der Waals surface area contributed by atoms with Gasteiger partial charge < -0.3 is 0 Å². The molecule has 1 fully saturated rings. The van der Waals surface area contributed by atoms with E-state index in [-0.39, 0.29) is 0 Å². The molecule has 0 aliphatic heterocycles. The van der Waals surface area contributed by atoms with Crippen LogP contribution in [0.5, 0.6) is 0 Å². The van der Waals surface area contributed by atoms with Crippen molar-refractivity contribution >= 4 is 11.3 Å². The van der Waals surface area contributed by atoms with Crippen molar-refractivity contribution < 1.29 is 0 Å². The van der Waals surface area contributed by atoms with Crippen LogP contribution in [-0.4, -0.2) is 25.8 Å². The number of hydrogen-bond acceptors (Lipinski definition) is 5. The van der Waals surface area contributed by atoms with E-state index in [0.29, 0.717) is 6.04 Å². The van der Waals surface area contributed by atoms with E-state index < -0.39 is 0 Å². The molecule has 100 valence electrons. The van der Waals surface area contributed by atoms with Gasteiger partial charge in [-0.05, 0) is 12.8 Å². The summed E-state index contributed by atoms with van der Waals surface area (Å²) >= 11 is 1.59. The highest BCUT2D eigenvalue weighted by molar-refractivity contribution is 7.12. The first kappa shape index (κ1) is 12.5. The molecule has 0 N–H and O–H groups in total. The van der Waals surface area contributed by atoms with Crippen LogP contribution in [0.3, 0.4) is 0 Å². The fourth-order valence-electron chi connectivity index (χ4n) is 2.34. The van der Waals surface area contributed by atoms with E-state index in [0.717, 1.165) is 15.5 Å². The van der Waals surface area contributed by atoms with Crippen LogP contribution in [0.4, 0.5) is 0 Å². The van der Waals surface area contributed by atoms with E-state index in [9.17, 15) is 0 Å². The highest BCUT2D eigenvalue weighted by Gasteiger charge is 2.13. The Bertz CT molecular complexity index is 595. The Hall–Kier alpha value is -1.56. The molecular formula is C13H17N5S. The van der Waals surface area contributed by atoms with Crippen molar-refractivity contribution in [3.05, 3.63) is 23.4 Å². The molecule has 0 unspecified atom stereocenters. The molecule has 0 amide bonds. The van der Waals surface area contributed by atoms with Gasteiger partial charge >= 0.3 is 0 Å². The molecule has 3 rings (SSSR count). The van der Waals surface area contributed by atoms with E-state index in [4.69, 9.17) is 4.99 Å². The number of rotatable bonds is 2. The number of nitrogens with zero attached hydrogens (tertiary/aromatic N) is 5. The highest BCUT2D eigenvalue weighted by Crippen LogP contribution is 2.20. The summed E-state index contributed by atoms with van der Waals surface area (Å²) < 4.78 is 1.85. The topological polar surface area (TPSA) is 56.0 Å². The maximum absolute atomic E-state index is 4.83. The highest BCUT2D eigenvalue weighted by atomic mass is 32.1. The van der Waals surface area contributed by atoms with Crippen LogP contribution in [-0.2, 0) is 7.05 Å². The predicted octanol–water partition coefficient (Wildman–Crippen LogP) is 2.17. The minimum atomic E-state index is 0.468. The Morgan fingerprint density at radius 3 is 2.84 bits per heavy atom. The Morgan fingerprint density at radius 1 is 1.26 bits per heavy atom. The fraction of sp³-hybridized carbons (Fsp3) is 0.538. The molecule has 5 nitrogen and oxygen atoms in total. The summed E-state index contributed by atoms with van der Waals surface area (Å²) in [6.07, 6.45) is 11.5. The van der Waals surface area contributed by atoms with Gasteiger partial charge in [-0.1, -0.05) is 30.6 Å². The molecule has 0 saturated heterocycles. The van der Waals surface area contributed by atoms with Gasteiger partial charge in [0.05, 0.1) is 12.2 Å². The lowest BCUT2D eigenvalue weighted by molar-refractivity contribution is 0.434. The van der Waals surface area contributed by atoms with Gasteiger partial charge in [0, 0.05) is 19.4 Å². The second kappa shape index (κ2) is 5.61. The quantitative estimate of drug-likeness (QED) is 0.844. The number of hydrogen-bond donors (Lipinski definition) is 0. The monoisotopic (exact) mass is 275 g/mol. The van der Waals surface area contributed by atoms with Gasteiger partial charge in [0.25, 0.3) is 0 Å². The van der Waals surface area contributed by atoms with Crippen LogP contribution in [0, 0.1) is 0 Å². The normalized spacial score (nSPS) is 17.8. The predicted molar refractivity (Wildman–Crippen MR) is 74.5 cm³/mol. The van der Waals surface area contributed by atoms with Crippen molar-refractivity contribution in [3.63, 3.8) is 0 Å². The van der Waals surface area contributed by atoms with Crippen molar-refractivity contribution in [3.8, 4) is 10.7 Å². The second-order valence-electron chi connectivity index (χ2n) is 4.82. The van der Waals surface area contributed by atoms with Crippen molar-refractivity contribution in [1.29, 1.82) is 0 Å². The van der Waals surface area contributed by atoms with Gasteiger partial charge in [-0.25, -0.2) is 4.68 Å². The van der Waals surface area contributed by atoms with Crippen molar-refractivity contribution in [2.75, 3.05) is 0 Å². The lowest BCUT2D eigenvalue weighted by atomic mass is 9.96. The van der Waals surface area contributed by atoms with E-state index in [1.807, 2.05) is 11.7 Å². The van der Waals surface area contributed by atoms with Gasteiger partial charge in [-0.2, -0.15) is 5.10 Å². The summed E-state index contributed by atoms with van der Waals surface area (Å²) in [6, 6.07) is 0.468. The Morgan fingerprint density at radius 2 is 2.11 bits per heavy atom. The van der Waals surface area contributed by atoms with Crippen molar-refractivity contribution in [2.24, 2.45) is 12.0 Å². The zero-order valence-electron chi connectivity index (χ0n) is 11.0. The molecule has 1 saturated carbocycles. The van der Waals surface area contributed by atoms with Crippen LogP contribution in [0.2, 0.25) is 0 Å². The number of aryl methyl sites for hydroxylation is 1. The number of aromatic nitrogens is 4. The Labute approximate surface area is 116 Å². The molecule has 19 heavy (non-hydrogen) atoms. The average Bonchev–Trinajstić information content (AvgIpc) is 2.82. The molecule has 0 spiro atoms. The van der Waals surface area contributed by atoms with Crippen LogP contribution < -0.4 is 4.80 Å². The standard InChI is InChI=1S/C13H17N5S/c1-18-13(16-10-5-3-2-4-6-10)19-12(17-18)11-9-14-7-8-15-11/h7-10H,2-6H2,1H3/b16-13-. The summed E-state index contributed by atoms with van der Waals surface area (Å²) in [7, 11) is 1.94. The molecule has 1 aliphatic carbocycles. The fourth-order valence-corrected chi connectivity index (χ4v) is 3.26. The molecule has 0 atom stereocenters. The summed E-state index contributed by atoms with van der Waals surface area (Å²) in [4.78, 5) is 14.2. The molecular weight excluding hydrogens is 258 g/mol. The molecule has 2 aromatic rings. The van der Waals surface area contributed by atoms with E-state index in [1.54, 1.807) is 29.9 Å². The second-order valence-corrected chi connectivity index (χ2v) is 5.78. The third kappa shape index (κ3) is 2.89. The summed E-state index contributed by atoms with van der Waals surface area (Å²) in [6.45, 7) is 0. The zero-order valence-corrected chi connectivity index (χ0v) is 11.8. The first-order valence-electron chi connectivity index (χ1n) is 6.67. The van der Waals surface area contributed by atoms with Crippen molar-refractivity contribution in [1.82, 2.24) is 19.7 Å². The average molecular weight is 275 g/mol. The van der Waals surface area contributed by atoms with Gasteiger partial charge in [-0.3, -0.25) is 15.0 Å². The molecule has 2 aromatic heterocycles. The molecule has 0 radical (unpaired) electrons.